The number of carbonyl (C=O) groups excluding carboxylic acids is 1. The number of amides is 1. The first kappa shape index (κ1) is 13.7. The van der Waals surface area contributed by atoms with Gasteiger partial charge in [0, 0.05) is 12.1 Å². The number of aryl methyl sites for hydroxylation is 1. The molecule has 0 aromatic heterocycles. The second kappa shape index (κ2) is 6.38. The molecule has 1 amide bonds. The van der Waals surface area contributed by atoms with Crippen LogP contribution < -0.4 is 5.32 Å². The number of carbonyl (C=O) groups is 1. The van der Waals surface area contributed by atoms with Crippen molar-refractivity contribution in [2.24, 2.45) is 5.92 Å². The predicted molar refractivity (Wildman–Crippen MR) is 67.5 cm³/mol. The monoisotopic (exact) mass is 237 g/mol. The van der Waals surface area contributed by atoms with Gasteiger partial charge in [-0.2, -0.15) is 0 Å². The maximum Gasteiger partial charge on any atom is 0.251 e. The molecule has 1 aromatic carbocycles. The van der Waals surface area contributed by atoms with E-state index >= 15 is 0 Å². The highest BCUT2D eigenvalue weighted by molar-refractivity contribution is 5.95. The molecule has 0 heterocycles. The lowest BCUT2D eigenvalue weighted by molar-refractivity contribution is 0.0952. The first-order valence-electron chi connectivity index (χ1n) is 6.05. The molecule has 1 aromatic rings. The van der Waals surface area contributed by atoms with Crippen LogP contribution in [-0.4, -0.2) is 12.5 Å². The van der Waals surface area contributed by atoms with Crippen LogP contribution in [0, 0.1) is 18.7 Å². The van der Waals surface area contributed by atoms with Gasteiger partial charge < -0.3 is 5.32 Å². The van der Waals surface area contributed by atoms with E-state index in [0.717, 1.165) is 12.8 Å². The van der Waals surface area contributed by atoms with Gasteiger partial charge in [-0.1, -0.05) is 13.8 Å². The minimum Gasteiger partial charge on any atom is -0.352 e. The molecule has 0 fully saturated rings. The first-order chi connectivity index (χ1) is 8.00. The summed E-state index contributed by atoms with van der Waals surface area (Å²) in [7, 11) is 0. The summed E-state index contributed by atoms with van der Waals surface area (Å²) in [6, 6.07) is 4.22. The van der Waals surface area contributed by atoms with Crippen molar-refractivity contribution in [1.82, 2.24) is 5.32 Å². The van der Waals surface area contributed by atoms with Gasteiger partial charge >= 0.3 is 0 Å². The molecule has 1 rings (SSSR count). The second-order valence-corrected chi connectivity index (χ2v) is 4.75. The third-order valence-corrected chi connectivity index (χ3v) is 2.68. The normalized spacial score (nSPS) is 10.6. The number of nitrogens with one attached hydrogen (secondary N) is 1. The highest BCUT2D eigenvalue weighted by atomic mass is 19.1. The molecule has 0 radical (unpaired) electrons. The molecule has 0 aliphatic rings. The Bertz CT molecular complexity index is 388. The van der Waals surface area contributed by atoms with Crippen molar-refractivity contribution in [2.75, 3.05) is 6.54 Å². The van der Waals surface area contributed by atoms with E-state index in [1.165, 1.54) is 18.2 Å². The summed E-state index contributed by atoms with van der Waals surface area (Å²) in [5.74, 6) is 0.226. The van der Waals surface area contributed by atoms with Crippen molar-refractivity contribution < 1.29 is 9.18 Å². The van der Waals surface area contributed by atoms with Gasteiger partial charge in [0.05, 0.1) is 0 Å². The van der Waals surface area contributed by atoms with E-state index < -0.39 is 0 Å². The van der Waals surface area contributed by atoms with E-state index in [1.807, 2.05) is 0 Å². The Labute approximate surface area is 102 Å². The number of rotatable bonds is 5. The quantitative estimate of drug-likeness (QED) is 0.782. The molecule has 94 valence electrons. The van der Waals surface area contributed by atoms with Gasteiger partial charge in [-0.15, -0.1) is 0 Å². The third kappa shape index (κ3) is 4.55. The van der Waals surface area contributed by atoms with Crippen LogP contribution in [-0.2, 0) is 0 Å². The molecule has 0 bridgehead atoms. The largest absolute Gasteiger partial charge is 0.352 e. The molecular formula is C14H20FNO. The minimum absolute atomic E-state index is 0.119. The number of hydrogen-bond donors (Lipinski definition) is 1. The fourth-order valence-corrected chi connectivity index (χ4v) is 1.69. The van der Waals surface area contributed by atoms with Gasteiger partial charge in [-0.05, 0) is 49.4 Å². The lowest BCUT2D eigenvalue weighted by Crippen LogP contribution is -2.25. The Balaban J connectivity index is 2.47. The average molecular weight is 237 g/mol. The summed E-state index contributed by atoms with van der Waals surface area (Å²) < 4.78 is 12.9. The number of halogens is 1. The number of hydrogen-bond acceptors (Lipinski definition) is 1. The van der Waals surface area contributed by atoms with Crippen LogP contribution in [0.4, 0.5) is 4.39 Å². The minimum atomic E-state index is -0.307. The van der Waals surface area contributed by atoms with Crippen molar-refractivity contribution >= 4 is 5.91 Å². The Morgan fingerprint density at radius 1 is 1.41 bits per heavy atom. The lowest BCUT2D eigenvalue weighted by Gasteiger charge is -2.08. The molecule has 1 N–H and O–H groups in total. The van der Waals surface area contributed by atoms with Gasteiger partial charge in [0.25, 0.3) is 5.91 Å². The van der Waals surface area contributed by atoms with Crippen molar-refractivity contribution in [3.05, 3.63) is 35.1 Å². The topological polar surface area (TPSA) is 29.1 Å². The zero-order chi connectivity index (χ0) is 12.8. The molecule has 2 nitrogen and oxygen atoms in total. The molecular weight excluding hydrogens is 217 g/mol. The summed E-state index contributed by atoms with van der Waals surface area (Å²) in [6.45, 7) is 6.73. The van der Waals surface area contributed by atoms with Crippen molar-refractivity contribution in [1.29, 1.82) is 0 Å². The summed E-state index contributed by atoms with van der Waals surface area (Å²) in [5, 5.41) is 2.85. The maximum absolute atomic E-state index is 12.9. The molecule has 0 spiro atoms. The first-order valence-corrected chi connectivity index (χ1v) is 6.05. The summed E-state index contributed by atoms with van der Waals surface area (Å²) in [5.41, 5.74) is 1.22. The van der Waals surface area contributed by atoms with E-state index in [4.69, 9.17) is 0 Å². The molecule has 3 heteroatoms. The van der Waals surface area contributed by atoms with Gasteiger partial charge in [0.1, 0.15) is 5.82 Å². The van der Waals surface area contributed by atoms with Gasteiger partial charge in [-0.3, -0.25) is 4.79 Å². The molecule has 0 aliphatic heterocycles. The van der Waals surface area contributed by atoms with Crippen LogP contribution in [0.1, 0.15) is 42.6 Å². The van der Waals surface area contributed by atoms with Crippen LogP contribution in [0.5, 0.6) is 0 Å². The average Bonchev–Trinajstić information content (AvgIpc) is 2.23. The van der Waals surface area contributed by atoms with Crippen molar-refractivity contribution in [2.45, 2.75) is 33.6 Å². The zero-order valence-electron chi connectivity index (χ0n) is 10.7. The molecule has 0 saturated carbocycles. The van der Waals surface area contributed by atoms with Crippen LogP contribution >= 0.6 is 0 Å². The fraction of sp³-hybridized carbons (Fsp3) is 0.500. The second-order valence-electron chi connectivity index (χ2n) is 4.75. The van der Waals surface area contributed by atoms with E-state index in [9.17, 15) is 9.18 Å². The maximum atomic E-state index is 12.9. The van der Waals surface area contributed by atoms with Crippen LogP contribution in [0.3, 0.4) is 0 Å². The summed E-state index contributed by atoms with van der Waals surface area (Å²) in [6.07, 6.45) is 2.08. The van der Waals surface area contributed by atoms with Crippen molar-refractivity contribution in [3.63, 3.8) is 0 Å². The molecule has 0 saturated heterocycles. The Kier molecular flexibility index (Phi) is 5.13. The van der Waals surface area contributed by atoms with Crippen molar-refractivity contribution in [3.8, 4) is 0 Å². The molecule has 17 heavy (non-hydrogen) atoms. The Morgan fingerprint density at radius 3 is 2.71 bits per heavy atom. The lowest BCUT2D eigenvalue weighted by atomic mass is 10.1. The highest BCUT2D eigenvalue weighted by Crippen LogP contribution is 2.10. The Morgan fingerprint density at radius 2 is 2.12 bits per heavy atom. The van der Waals surface area contributed by atoms with E-state index in [-0.39, 0.29) is 11.7 Å². The molecule has 0 aliphatic carbocycles. The fourth-order valence-electron chi connectivity index (χ4n) is 1.69. The van der Waals surface area contributed by atoms with Gasteiger partial charge in [-0.25, -0.2) is 4.39 Å². The van der Waals surface area contributed by atoms with Crippen LogP contribution in [0.2, 0.25) is 0 Å². The van der Waals surface area contributed by atoms with Crippen LogP contribution in [0.25, 0.3) is 0 Å². The van der Waals surface area contributed by atoms with E-state index in [1.54, 1.807) is 6.92 Å². The smallest absolute Gasteiger partial charge is 0.251 e. The number of benzene rings is 1. The SMILES string of the molecule is Cc1cc(F)ccc1C(=O)NCCCC(C)C. The third-order valence-electron chi connectivity index (χ3n) is 2.68. The van der Waals surface area contributed by atoms with E-state index in [2.05, 4.69) is 19.2 Å². The molecule has 0 atom stereocenters. The van der Waals surface area contributed by atoms with Crippen LogP contribution in [0.15, 0.2) is 18.2 Å². The van der Waals surface area contributed by atoms with Gasteiger partial charge in [0.15, 0.2) is 0 Å². The highest BCUT2D eigenvalue weighted by Gasteiger charge is 2.08. The Hall–Kier alpha value is -1.38. The predicted octanol–water partition coefficient (Wildman–Crippen LogP) is 3.30. The summed E-state index contributed by atoms with van der Waals surface area (Å²) in [4.78, 5) is 11.8. The van der Waals surface area contributed by atoms with E-state index in [0.29, 0.717) is 23.6 Å². The van der Waals surface area contributed by atoms with Gasteiger partial charge in [0.2, 0.25) is 0 Å². The molecule has 0 unspecified atom stereocenters. The summed E-state index contributed by atoms with van der Waals surface area (Å²) >= 11 is 0. The zero-order valence-corrected chi connectivity index (χ0v) is 10.7. The standard InChI is InChI=1S/C14H20FNO/c1-10(2)5-4-8-16-14(17)13-7-6-12(15)9-11(13)3/h6-7,9-10H,4-5,8H2,1-3H3,(H,16,17).